The third-order valence-corrected chi connectivity index (χ3v) is 6.09. The first kappa shape index (κ1) is 32.7. The van der Waals surface area contributed by atoms with Crippen molar-refractivity contribution >= 4 is 22.8 Å². The van der Waals surface area contributed by atoms with E-state index in [-0.39, 0.29) is 31.6 Å². The number of halogens is 8. The average Bonchev–Trinajstić information content (AvgIpc) is 3.54. The highest BCUT2D eigenvalue weighted by molar-refractivity contribution is 5.91. The van der Waals surface area contributed by atoms with Gasteiger partial charge in [-0.2, -0.15) is 36.2 Å². The van der Waals surface area contributed by atoms with Crippen molar-refractivity contribution in [2.24, 2.45) is 0 Å². The topological polar surface area (TPSA) is 118 Å². The number of hydrogen-bond acceptors (Lipinski definition) is 5. The summed E-state index contributed by atoms with van der Waals surface area (Å²) in [5.74, 6) is -3.32. The maximum absolute atomic E-state index is 12.3. The van der Waals surface area contributed by atoms with Crippen LogP contribution in [0.15, 0.2) is 24.4 Å². The number of imidazole rings is 1. The van der Waals surface area contributed by atoms with Crippen LogP contribution in [0, 0.1) is 0 Å². The van der Waals surface area contributed by atoms with E-state index in [4.69, 9.17) is 0 Å². The molecule has 42 heavy (non-hydrogen) atoms. The van der Waals surface area contributed by atoms with Crippen molar-refractivity contribution in [3.63, 3.8) is 0 Å². The summed E-state index contributed by atoms with van der Waals surface area (Å²) in [6.07, 6.45) is -8.03. The molecule has 2 aromatic heterocycles. The molecule has 0 atom stereocenters. The molecule has 0 aliphatic heterocycles. The van der Waals surface area contributed by atoms with Crippen LogP contribution in [0.3, 0.4) is 0 Å². The van der Waals surface area contributed by atoms with Gasteiger partial charge in [-0.15, -0.1) is 5.10 Å². The molecular weight excluding hydrogens is 582 g/mol. The molecule has 0 unspecified atom stereocenters. The van der Waals surface area contributed by atoms with Gasteiger partial charge in [0.2, 0.25) is 11.8 Å². The fourth-order valence-electron chi connectivity index (χ4n) is 3.91. The summed E-state index contributed by atoms with van der Waals surface area (Å²) < 4.78 is 97.7. The molecule has 4 rings (SSSR count). The minimum atomic E-state index is -4.40. The SMILES string of the molecule is FC1(F)CCCCC1.O=C(CCC(F)(F)F)NCc1ccc2nc(CNC(=O)c3cnn(CCC(F)(F)F)n3)[nH]c2c1. The van der Waals surface area contributed by atoms with Crippen molar-refractivity contribution in [2.75, 3.05) is 0 Å². The van der Waals surface area contributed by atoms with Crippen molar-refractivity contribution < 1.29 is 44.7 Å². The molecule has 0 spiro atoms. The zero-order valence-corrected chi connectivity index (χ0v) is 22.2. The number of carbonyl (C=O) groups excluding carboxylic acids is 2. The van der Waals surface area contributed by atoms with Gasteiger partial charge < -0.3 is 15.6 Å². The van der Waals surface area contributed by atoms with Crippen molar-refractivity contribution in [1.29, 1.82) is 0 Å². The maximum Gasteiger partial charge on any atom is 0.390 e. The van der Waals surface area contributed by atoms with E-state index in [2.05, 4.69) is 30.8 Å². The highest BCUT2D eigenvalue weighted by Gasteiger charge is 2.30. The van der Waals surface area contributed by atoms with Crippen LogP contribution in [0.2, 0.25) is 0 Å². The number of H-pyrrole nitrogens is 1. The second-order valence-corrected chi connectivity index (χ2v) is 9.72. The van der Waals surface area contributed by atoms with Crippen LogP contribution in [0.25, 0.3) is 11.0 Å². The number of aryl methyl sites for hydroxylation is 1. The summed E-state index contributed by atoms with van der Waals surface area (Å²) in [4.78, 5) is 31.7. The quantitative estimate of drug-likeness (QED) is 0.273. The van der Waals surface area contributed by atoms with Crippen LogP contribution in [0.5, 0.6) is 0 Å². The maximum atomic E-state index is 12.3. The zero-order chi connectivity index (χ0) is 31.0. The lowest BCUT2D eigenvalue weighted by atomic mass is 9.97. The summed E-state index contributed by atoms with van der Waals surface area (Å²) in [5.41, 5.74) is 1.60. The highest BCUT2D eigenvalue weighted by Crippen LogP contribution is 2.32. The lowest BCUT2D eigenvalue weighted by Crippen LogP contribution is -2.24. The number of fused-ring (bicyclic) bond motifs is 1. The van der Waals surface area contributed by atoms with Gasteiger partial charge in [-0.3, -0.25) is 9.59 Å². The molecule has 1 saturated carbocycles. The van der Waals surface area contributed by atoms with E-state index < -0.39 is 55.9 Å². The molecule has 3 N–H and O–H groups in total. The minimum absolute atomic E-state index is 0.0295. The second-order valence-electron chi connectivity index (χ2n) is 9.72. The third kappa shape index (κ3) is 11.6. The van der Waals surface area contributed by atoms with E-state index in [0.717, 1.165) is 17.4 Å². The van der Waals surface area contributed by atoms with Gasteiger partial charge >= 0.3 is 12.4 Å². The largest absolute Gasteiger partial charge is 0.390 e. The lowest BCUT2D eigenvalue weighted by molar-refractivity contribution is -0.144. The fourth-order valence-corrected chi connectivity index (χ4v) is 3.91. The molecular formula is C25H29F8N7O2. The van der Waals surface area contributed by atoms with Crippen molar-refractivity contribution in [1.82, 2.24) is 35.6 Å². The van der Waals surface area contributed by atoms with Crippen LogP contribution in [-0.2, 0) is 24.4 Å². The molecule has 3 aromatic rings. The molecule has 1 aromatic carbocycles. The second kappa shape index (κ2) is 13.9. The Morgan fingerprint density at radius 3 is 2.26 bits per heavy atom. The normalized spacial score (nSPS) is 15.1. The van der Waals surface area contributed by atoms with E-state index in [1.807, 2.05) is 0 Å². The summed E-state index contributed by atoms with van der Waals surface area (Å²) in [6.45, 7) is -0.514. The number of nitrogens with one attached hydrogen (secondary N) is 3. The number of aromatic nitrogens is 5. The van der Waals surface area contributed by atoms with Gasteiger partial charge in [-0.1, -0.05) is 12.5 Å². The summed E-state index contributed by atoms with van der Waals surface area (Å²) in [6, 6.07) is 4.94. The van der Waals surface area contributed by atoms with Gasteiger partial charge in [-0.25, -0.2) is 13.8 Å². The number of rotatable bonds is 9. The lowest BCUT2D eigenvalue weighted by Gasteiger charge is -2.20. The van der Waals surface area contributed by atoms with Gasteiger partial charge in [0, 0.05) is 25.8 Å². The van der Waals surface area contributed by atoms with Gasteiger partial charge in [0.1, 0.15) is 5.82 Å². The van der Waals surface area contributed by atoms with Crippen LogP contribution in [0.4, 0.5) is 35.1 Å². The van der Waals surface area contributed by atoms with Crippen molar-refractivity contribution in [3.05, 3.63) is 41.5 Å². The summed E-state index contributed by atoms with van der Waals surface area (Å²) in [7, 11) is 0. The Balaban J connectivity index is 0.000000521. The Morgan fingerprint density at radius 1 is 0.952 bits per heavy atom. The molecule has 1 aliphatic carbocycles. The van der Waals surface area contributed by atoms with Crippen LogP contribution in [0.1, 0.15) is 73.2 Å². The number of carbonyl (C=O) groups is 2. The third-order valence-electron chi connectivity index (χ3n) is 6.09. The van der Waals surface area contributed by atoms with Crippen LogP contribution < -0.4 is 10.6 Å². The Kier molecular flexibility index (Phi) is 10.8. The summed E-state index contributed by atoms with van der Waals surface area (Å²) >= 11 is 0. The van der Waals surface area contributed by atoms with E-state index >= 15 is 0 Å². The number of nitrogens with zero attached hydrogens (tertiary/aromatic N) is 4. The first-order valence-electron chi connectivity index (χ1n) is 13.0. The van der Waals surface area contributed by atoms with Gasteiger partial charge in [0.25, 0.3) is 5.91 Å². The number of alkyl halides is 8. The zero-order valence-electron chi connectivity index (χ0n) is 22.2. The monoisotopic (exact) mass is 611 g/mol. The molecule has 1 aliphatic rings. The number of benzene rings is 1. The smallest absolute Gasteiger partial charge is 0.352 e. The molecule has 2 heterocycles. The van der Waals surface area contributed by atoms with Crippen molar-refractivity contribution in [3.8, 4) is 0 Å². The Labute approximate surface area is 234 Å². The Morgan fingerprint density at radius 2 is 1.64 bits per heavy atom. The first-order chi connectivity index (χ1) is 19.6. The minimum Gasteiger partial charge on any atom is -0.352 e. The molecule has 1 fully saturated rings. The van der Waals surface area contributed by atoms with Gasteiger partial charge in [0.05, 0.1) is 43.2 Å². The number of amides is 2. The van der Waals surface area contributed by atoms with Gasteiger partial charge in [-0.05, 0) is 30.5 Å². The fraction of sp³-hybridized carbons (Fsp3) is 0.560. The van der Waals surface area contributed by atoms with E-state index in [9.17, 15) is 44.7 Å². The average molecular weight is 612 g/mol. The molecule has 17 heteroatoms. The van der Waals surface area contributed by atoms with Crippen LogP contribution >= 0.6 is 0 Å². The van der Waals surface area contributed by atoms with Crippen LogP contribution in [-0.4, -0.2) is 55.1 Å². The molecule has 2 amide bonds. The predicted molar refractivity (Wildman–Crippen MR) is 133 cm³/mol. The molecule has 0 radical (unpaired) electrons. The number of aromatic amines is 1. The molecule has 0 bridgehead atoms. The van der Waals surface area contributed by atoms with E-state index in [1.165, 1.54) is 0 Å². The Hall–Kier alpha value is -3.79. The first-order valence-corrected chi connectivity index (χ1v) is 13.0. The standard InChI is InChI=1S/C19H19F6N7O2.C6H10F2/c20-18(21,22)4-3-16(33)26-8-11-1-2-12-13(7-11)30-15(29-12)10-27-17(34)14-9-28-32(31-14)6-5-19(23,24)25;7-6(8)4-2-1-3-5-6/h1-2,7,9H,3-6,8,10H2,(H,26,33)(H,27,34)(H,29,30);1-5H2. The predicted octanol–water partition coefficient (Wildman–Crippen LogP) is 5.58. The van der Waals surface area contributed by atoms with E-state index in [1.54, 1.807) is 18.2 Å². The molecule has 0 saturated heterocycles. The van der Waals surface area contributed by atoms with E-state index in [0.29, 0.717) is 35.3 Å². The highest BCUT2D eigenvalue weighted by atomic mass is 19.4. The molecule has 232 valence electrons. The van der Waals surface area contributed by atoms with Gasteiger partial charge in [0.15, 0.2) is 5.69 Å². The summed E-state index contributed by atoms with van der Waals surface area (Å²) in [5, 5.41) is 12.3. The molecule has 9 nitrogen and oxygen atoms in total. The Bertz CT molecular complexity index is 1330. The van der Waals surface area contributed by atoms with Crippen molar-refractivity contribution in [2.45, 2.75) is 89.3 Å². The number of hydrogen-bond donors (Lipinski definition) is 3.